The highest BCUT2D eigenvalue weighted by Gasteiger charge is 2.48. The number of aliphatic hydroxyl groups is 1. The van der Waals surface area contributed by atoms with Crippen LogP contribution in [0.2, 0.25) is 0 Å². The van der Waals surface area contributed by atoms with Gasteiger partial charge in [0.2, 0.25) is 0 Å². The predicted octanol–water partition coefficient (Wildman–Crippen LogP) is 6.06. The van der Waals surface area contributed by atoms with E-state index >= 15 is 0 Å². The summed E-state index contributed by atoms with van der Waals surface area (Å²) in [5.41, 5.74) is 1.01. The van der Waals surface area contributed by atoms with Gasteiger partial charge in [-0.25, -0.2) is 0 Å². The molecule has 3 nitrogen and oxygen atoms in total. The first-order valence-corrected chi connectivity index (χ1v) is 10.7. The van der Waals surface area contributed by atoms with E-state index in [2.05, 4.69) is 70.1 Å². The standard InChI is InChI=1S/C26H39NO2/c1-8-11-20-12-14-21(15-13-20)27-22(19-24(4,5)10-3)26(7)18-16-23(29-26)25(6,28)17-9-2/h8-10,12-15,22-23,27-28H,1-3,11,16-19H2,4-7H3/t22-,23+,25-,26+/m1/s1. The van der Waals surface area contributed by atoms with Gasteiger partial charge in [-0.1, -0.05) is 44.2 Å². The van der Waals surface area contributed by atoms with Crippen LogP contribution in [0, 0.1) is 5.41 Å². The maximum absolute atomic E-state index is 10.8. The number of rotatable bonds is 11. The third kappa shape index (κ3) is 6.07. The molecule has 1 aliphatic heterocycles. The van der Waals surface area contributed by atoms with Crippen molar-refractivity contribution in [3.8, 4) is 0 Å². The van der Waals surface area contributed by atoms with Crippen molar-refractivity contribution in [3.05, 3.63) is 67.8 Å². The van der Waals surface area contributed by atoms with Crippen molar-refractivity contribution in [3.63, 3.8) is 0 Å². The van der Waals surface area contributed by atoms with Crippen LogP contribution in [0.15, 0.2) is 62.2 Å². The SMILES string of the molecule is C=CCc1ccc(N[C@H](CC(C)(C)C=C)[C@]2(C)CC[C@@H]([C@](C)(O)CC=C)O2)cc1. The Morgan fingerprint density at radius 3 is 2.41 bits per heavy atom. The topological polar surface area (TPSA) is 41.5 Å². The number of nitrogens with one attached hydrogen (secondary N) is 1. The molecule has 4 atom stereocenters. The van der Waals surface area contributed by atoms with Gasteiger partial charge in [-0.15, -0.1) is 19.7 Å². The van der Waals surface area contributed by atoms with Crippen LogP contribution in [0.3, 0.4) is 0 Å². The Hall–Kier alpha value is -1.84. The van der Waals surface area contributed by atoms with E-state index in [0.717, 1.165) is 31.4 Å². The lowest BCUT2D eigenvalue weighted by atomic mass is 9.79. The molecule has 1 aliphatic rings. The van der Waals surface area contributed by atoms with E-state index in [4.69, 9.17) is 4.74 Å². The van der Waals surface area contributed by atoms with E-state index in [-0.39, 0.29) is 23.2 Å². The minimum atomic E-state index is -0.898. The van der Waals surface area contributed by atoms with E-state index in [9.17, 15) is 5.11 Å². The molecule has 0 spiro atoms. The first kappa shape index (κ1) is 23.4. The molecule has 3 heteroatoms. The summed E-state index contributed by atoms with van der Waals surface area (Å²) in [6.07, 6.45) is 9.50. The second-order valence-electron chi connectivity index (χ2n) is 9.59. The lowest BCUT2D eigenvalue weighted by Gasteiger charge is -2.40. The maximum atomic E-state index is 10.8. The lowest BCUT2D eigenvalue weighted by Crippen LogP contribution is -2.49. The van der Waals surface area contributed by atoms with Gasteiger partial charge in [0.1, 0.15) is 0 Å². The van der Waals surface area contributed by atoms with Crippen molar-refractivity contribution in [2.75, 3.05) is 5.32 Å². The third-order valence-corrected chi connectivity index (χ3v) is 6.26. The summed E-state index contributed by atoms with van der Waals surface area (Å²) < 4.78 is 6.55. The van der Waals surface area contributed by atoms with Gasteiger partial charge < -0.3 is 15.2 Å². The molecule has 29 heavy (non-hydrogen) atoms. The van der Waals surface area contributed by atoms with Gasteiger partial charge >= 0.3 is 0 Å². The van der Waals surface area contributed by atoms with Crippen LogP contribution in [-0.2, 0) is 11.2 Å². The second kappa shape index (κ2) is 9.32. The van der Waals surface area contributed by atoms with Crippen LogP contribution in [0.1, 0.15) is 58.9 Å². The Morgan fingerprint density at radius 2 is 1.86 bits per heavy atom. The predicted molar refractivity (Wildman–Crippen MR) is 124 cm³/mol. The fourth-order valence-corrected chi connectivity index (χ4v) is 4.11. The normalized spacial score (nSPS) is 25.1. The molecule has 1 heterocycles. The van der Waals surface area contributed by atoms with Crippen molar-refractivity contribution in [1.82, 2.24) is 0 Å². The van der Waals surface area contributed by atoms with Gasteiger partial charge in [0.05, 0.1) is 23.3 Å². The molecule has 0 bridgehead atoms. The van der Waals surface area contributed by atoms with Crippen LogP contribution >= 0.6 is 0 Å². The maximum Gasteiger partial charge on any atom is 0.0914 e. The molecule has 0 saturated carbocycles. The molecule has 0 aliphatic carbocycles. The highest BCUT2D eigenvalue weighted by molar-refractivity contribution is 5.46. The van der Waals surface area contributed by atoms with Crippen molar-refractivity contribution in [2.24, 2.45) is 5.41 Å². The van der Waals surface area contributed by atoms with Crippen LogP contribution in [0.5, 0.6) is 0 Å². The van der Waals surface area contributed by atoms with Crippen LogP contribution < -0.4 is 5.32 Å². The molecule has 0 aromatic heterocycles. The summed E-state index contributed by atoms with van der Waals surface area (Å²) in [7, 11) is 0. The number of hydrogen-bond donors (Lipinski definition) is 2. The Kier molecular flexibility index (Phi) is 7.53. The van der Waals surface area contributed by atoms with Crippen molar-refractivity contribution >= 4 is 5.69 Å². The van der Waals surface area contributed by atoms with Crippen molar-refractivity contribution in [1.29, 1.82) is 0 Å². The number of hydrogen-bond acceptors (Lipinski definition) is 3. The fourth-order valence-electron chi connectivity index (χ4n) is 4.11. The summed E-state index contributed by atoms with van der Waals surface area (Å²) in [4.78, 5) is 0. The molecule has 1 aromatic carbocycles. The van der Waals surface area contributed by atoms with Crippen LogP contribution in [0.4, 0.5) is 5.69 Å². The van der Waals surface area contributed by atoms with E-state index in [0.29, 0.717) is 6.42 Å². The molecule has 1 saturated heterocycles. The Balaban J connectivity index is 2.24. The van der Waals surface area contributed by atoms with E-state index in [1.54, 1.807) is 6.08 Å². The lowest BCUT2D eigenvalue weighted by molar-refractivity contribution is -0.129. The first-order chi connectivity index (χ1) is 13.5. The number of anilines is 1. The summed E-state index contributed by atoms with van der Waals surface area (Å²) in [6.45, 7) is 20.0. The summed E-state index contributed by atoms with van der Waals surface area (Å²) in [5, 5.41) is 14.6. The quantitative estimate of drug-likeness (QED) is 0.446. The van der Waals surface area contributed by atoms with Crippen molar-refractivity contribution < 1.29 is 9.84 Å². The molecule has 0 radical (unpaired) electrons. The fraction of sp³-hybridized carbons (Fsp3) is 0.538. The molecule has 160 valence electrons. The Bertz CT molecular complexity index is 704. The zero-order valence-corrected chi connectivity index (χ0v) is 18.7. The summed E-state index contributed by atoms with van der Waals surface area (Å²) in [5.74, 6) is 0. The Labute approximate surface area is 177 Å². The number of ether oxygens (including phenoxy) is 1. The average molecular weight is 398 g/mol. The highest BCUT2D eigenvalue weighted by Crippen LogP contribution is 2.42. The monoisotopic (exact) mass is 397 g/mol. The molecule has 1 fully saturated rings. The minimum Gasteiger partial charge on any atom is -0.387 e. The zero-order valence-electron chi connectivity index (χ0n) is 18.7. The van der Waals surface area contributed by atoms with E-state index in [1.807, 2.05) is 19.1 Å². The third-order valence-electron chi connectivity index (χ3n) is 6.26. The molecular weight excluding hydrogens is 358 g/mol. The van der Waals surface area contributed by atoms with Gasteiger partial charge in [0.15, 0.2) is 0 Å². The summed E-state index contributed by atoms with van der Waals surface area (Å²) in [6, 6.07) is 8.60. The average Bonchev–Trinajstić information content (AvgIpc) is 3.07. The van der Waals surface area contributed by atoms with Gasteiger partial charge in [0, 0.05) is 5.69 Å². The molecule has 0 unspecified atom stereocenters. The molecule has 1 aromatic rings. The minimum absolute atomic E-state index is 0.0332. The van der Waals surface area contributed by atoms with Gasteiger partial charge in [-0.05, 0) is 69.1 Å². The molecule has 2 rings (SSSR count). The van der Waals surface area contributed by atoms with E-state index in [1.165, 1.54) is 5.56 Å². The van der Waals surface area contributed by atoms with Gasteiger partial charge in [0.25, 0.3) is 0 Å². The van der Waals surface area contributed by atoms with Gasteiger partial charge in [-0.3, -0.25) is 0 Å². The Morgan fingerprint density at radius 1 is 1.21 bits per heavy atom. The number of allylic oxidation sites excluding steroid dienone is 2. The summed E-state index contributed by atoms with van der Waals surface area (Å²) >= 11 is 0. The van der Waals surface area contributed by atoms with Crippen LogP contribution in [0.25, 0.3) is 0 Å². The van der Waals surface area contributed by atoms with Gasteiger partial charge in [-0.2, -0.15) is 0 Å². The largest absolute Gasteiger partial charge is 0.387 e. The van der Waals surface area contributed by atoms with E-state index < -0.39 is 5.60 Å². The second-order valence-corrected chi connectivity index (χ2v) is 9.59. The molecular formula is C26H39NO2. The van der Waals surface area contributed by atoms with Crippen molar-refractivity contribution in [2.45, 2.75) is 83.1 Å². The molecule has 0 amide bonds. The highest BCUT2D eigenvalue weighted by atomic mass is 16.5. The van der Waals surface area contributed by atoms with Crippen LogP contribution in [-0.4, -0.2) is 28.5 Å². The first-order valence-electron chi connectivity index (χ1n) is 10.7. The zero-order chi connectivity index (χ0) is 21.7. The molecule has 2 N–H and O–H groups in total. The smallest absolute Gasteiger partial charge is 0.0914 e. The number of benzene rings is 1.